The van der Waals surface area contributed by atoms with E-state index in [1.165, 1.54) is 0 Å². The second-order valence-electron chi connectivity index (χ2n) is 5.44. The molecule has 114 valence electrons. The molecule has 0 spiro atoms. The normalized spacial score (nSPS) is 19.5. The highest BCUT2D eigenvalue weighted by molar-refractivity contribution is 6.30. The summed E-state index contributed by atoms with van der Waals surface area (Å²) < 4.78 is 5.96. The third-order valence-electron chi connectivity index (χ3n) is 4.03. The number of carboxylic acids is 1. The van der Waals surface area contributed by atoms with Crippen LogP contribution >= 0.6 is 11.6 Å². The molecule has 2 aromatic rings. The third kappa shape index (κ3) is 2.34. The summed E-state index contributed by atoms with van der Waals surface area (Å²) in [5, 5.41) is 13.5. The summed E-state index contributed by atoms with van der Waals surface area (Å²) in [6, 6.07) is 12.6. The van der Waals surface area contributed by atoms with Crippen molar-refractivity contribution < 1.29 is 14.6 Å². The molecule has 5 heteroatoms. The van der Waals surface area contributed by atoms with Gasteiger partial charge < -0.3 is 15.2 Å². The van der Waals surface area contributed by atoms with E-state index in [4.69, 9.17) is 16.3 Å². The summed E-state index contributed by atoms with van der Waals surface area (Å²) >= 11 is 6.10. The molecule has 22 heavy (non-hydrogen) atoms. The molecule has 0 radical (unpaired) electrons. The van der Waals surface area contributed by atoms with Crippen LogP contribution in [0.1, 0.15) is 11.1 Å². The molecule has 1 aliphatic heterocycles. The number of likely N-dealkylation sites (N-methyl/N-ethyl adjacent to an activating group) is 1. The monoisotopic (exact) mass is 317 g/mol. The Hall–Kier alpha value is -2.04. The fraction of sp³-hybridized carbons (Fsp3) is 0.235. The summed E-state index contributed by atoms with van der Waals surface area (Å²) in [5.41, 5.74) is 0.340. The lowest BCUT2D eigenvalue weighted by Crippen LogP contribution is -2.45. The number of ether oxygens (including phenoxy) is 1. The van der Waals surface area contributed by atoms with E-state index in [1.807, 2.05) is 24.3 Å². The maximum atomic E-state index is 12.2. The smallest absolute Gasteiger partial charge is 0.315 e. The minimum absolute atomic E-state index is 0.285. The highest BCUT2D eigenvalue weighted by Crippen LogP contribution is 2.43. The van der Waals surface area contributed by atoms with Crippen LogP contribution in [0.2, 0.25) is 5.02 Å². The van der Waals surface area contributed by atoms with Crippen molar-refractivity contribution >= 4 is 17.6 Å². The number of aliphatic carboxylic acids is 1. The van der Waals surface area contributed by atoms with E-state index in [9.17, 15) is 9.90 Å². The summed E-state index contributed by atoms with van der Waals surface area (Å²) in [7, 11) is 1.74. The topological polar surface area (TPSA) is 58.6 Å². The molecule has 3 rings (SSSR count). The first-order valence-electron chi connectivity index (χ1n) is 7.00. The molecule has 0 saturated carbocycles. The molecule has 1 aliphatic rings. The van der Waals surface area contributed by atoms with Crippen LogP contribution in [0.25, 0.3) is 0 Å². The quantitative estimate of drug-likeness (QED) is 0.912. The van der Waals surface area contributed by atoms with Crippen molar-refractivity contribution in [2.45, 2.75) is 11.8 Å². The van der Waals surface area contributed by atoms with Crippen molar-refractivity contribution in [3.05, 3.63) is 58.6 Å². The van der Waals surface area contributed by atoms with Crippen LogP contribution in [-0.2, 0) is 16.6 Å². The van der Waals surface area contributed by atoms with Gasteiger partial charge in [0.2, 0.25) is 0 Å². The molecule has 1 unspecified atom stereocenters. The Labute approximate surface area is 133 Å². The number of rotatable bonds is 3. The highest BCUT2D eigenvalue weighted by Gasteiger charge is 2.44. The van der Waals surface area contributed by atoms with E-state index in [0.29, 0.717) is 28.5 Å². The zero-order valence-electron chi connectivity index (χ0n) is 12.1. The Kier molecular flexibility index (Phi) is 3.81. The molecule has 1 atom stereocenters. The van der Waals surface area contributed by atoms with Gasteiger partial charge in [-0.15, -0.1) is 0 Å². The van der Waals surface area contributed by atoms with Crippen LogP contribution in [0.3, 0.4) is 0 Å². The molecule has 0 amide bonds. The van der Waals surface area contributed by atoms with Crippen molar-refractivity contribution in [1.82, 2.24) is 5.32 Å². The zero-order valence-corrected chi connectivity index (χ0v) is 12.9. The van der Waals surface area contributed by atoms with Gasteiger partial charge in [-0.1, -0.05) is 29.8 Å². The molecular formula is C17H16ClNO3. The molecule has 4 nitrogen and oxygen atoms in total. The number of nitrogens with one attached hydrogen (secondary N) is 1. The van der Waals surface area contributed by atoms with E-state index < -0.39 is 11.4 Å². The molecule has 0 saturated heterocycles. The number of hydrogen-bond donors (Lipinski definition) is 2. The Balaban J connectivity index is 2.28. The molecule has 0 fully saturated rings. The third-order valence-corrected chi connectivity index (χ3v) is 4.26. The van der Waals surface area contributed by atoms with Gasteiger partial charge in [0.1, 0.15) is 16.9 Å². The first kappa shape index (κ1) is 14.9. The minimum atomic E-state index is -1.12. The molecule has 2 N–H and O–H groups in total. The van der Waals surface area contributed by atoms with Gasteiger partial charge in [-0.3, -0.25) is 4.79 Å². The fourth-order valence-electron chi connectivity index (χ4n) is 2.98. The van der Waals surface area contributed by atoms with Crippen LogP contribution < -0.4 is 10.1 Å². The van der Waals surface area contributed by atoms with Gasteiger partial charge in [0.05, 0.1) is 0 Å². The maximum absolute atomic E-state index is 12.2. The van der Waals surface area contributed by atoms with Crippen LogP contribution in [-0.4, -0.2) is 24.7 Å². The van der Waals surface area contributed by atoms with Gasteiger partial charge in [-0.2, -0.15) is 0 Å². The minimum Gasteiger partial charge on any atom is -0.481 e. The molecule has 0 bridgehead atoms. The Morgan fingerprint density at radius 1 is 1.32 bits per heavy atom. The van der Waals surface area contributed by atoms with Crippen molar-refractivity contribution in [3.8, 4) is 11.5 Å². The van der Waals surface area contributed by atoms with E-state index in [0.717, 1.165) is 5.56 Å². The lowest BCUT2D eigenvalue weighted by Gasteiger charge is -2.29. The molecular weight excluding hydrogens is 302 g/mol. The van der Waals surface area contributed by atoms with Gasteiger partial charge in [-0.05, 0) is 43.3 Å². The number of benzene rings is 2. The first-order valence-corrected chi connectivity index (χ1v) is 7.38. The summed E-state index contributed by atoms with van der Waals surface area (Å²) in [6.07, 6.45) is 0.340. The van der Waals surface area contributed by atoms with Crippen LogP contribution in [0.5, 0.6) is 11.5 Å². The van der Waals surface area contributed by atoms with Gasteiger partial charge in [0, 0.05) is 17.1 Å². The average Bonchev–Trinajstić information content (AvgIpc) is 2.63. The number of fused-ring (bicyclic) bond motifs is 2. The van der Waals surface area contributed by atoms with E-state index in [2.05, 4.69) is 5.32 Å². The van der Waals surface area contributed by atoms with Crippen molar-refractivity contribution in [2.24, 2.45) is 0 Å². The van der Waals surface area contributed by atoms with Gasteiger partial charge >= 0.3 is 5.97 Å². The summed E-state index contributed by atoms with van der Waals surface area (Å²) in [4.78, 5) is 12.2. The first-order chi connectivity index (χ1) is 10.6. The largest absolute Gasteiger partial charge is 0.481 e. The van der Waals surface area contributed by atoms with Crippen LogP contribution in [0, 0.1) is 0 Å². The second-order valence-corrected chi connectivity index (χ2v) is 5.88. The van der Waals surface area contributed by atoms with Gasteiger partial charge in [0.25, 0.3) is 0 Å². The lowest BCUT2D eigenvalue weighted by atomic mass is 9.75. The SMILES string of the molecule is CNCC1(C(=O)O)Cc2ccccc2Oc2ccc(Cl)cc21. The highest BCUT2D eigenvalue weighted by atomic mass is 35.5. The lowest BCUT2D eigenvalue weighted by molar-refractivity contribution is -0.143. The van der Waals surface area contributed by atoms with Gasteiger partial charge in [0.15, 0.2) is 0 Å². The Morgan fingerprint density at radius 2 is 2.09 bits per heavy atom. The van der Waals surface area contributed by atoms with Crippen LogP contribution in [0.4, 0.5) is 0 Å². The number of carbonyl (C=O) groups is 1. The van der Waals surface area contributed by atoms with E-state index in [-0.39, 0.29) is 6.54 Å². The van der Waals surface area contributed by atoms with Crippen molar-refractivity contribution in [1.29, 1.82) is 0 Å². The standard InChI is InChI=1S/C17H16ClNO3/c1-19-10-17(16(20)21)9-11-4-2-3-5-14(11)22-15-7-6-12(18)8-13(15)17/h2-8,19H,9-10H2,1H3,(H,20,21). The van der Waals surface area contributed by atoms with Crippen molar-refractivity contribution in [3.63, 3.8) is 0 Å². The van der Waals surface area contributed by atoms with E-state index in [1.54, 1.807) is 25.2 Å². The molecule has 2 aromatic carbocycles. The number of halogens is 1. The zero-order chi connectivity index (χ0) is 15.7. The van der Waals surface area contributed by atoms with Crippen molar-refractivity contribution in [2.75, 3.05) is 13.6 Å². The summed E-state index contributed by atoms with van der Waals surface area (Å²) in [5.74, 6) is 0.322. The van der Waals surface area contributed by atoms with Gasteiger partial charge in [-0.25, -0.2) is 0 Å². The predicted octanol–water partition coefficient (Wildman–Crippen LogP) is 3.23. The molecule has 0 aliphatic carbocycles. The van der Waals surface area contributed by atoms with E-state index >= 15 is 0 Å². The maximum Gasteiger partial charge on any atom is 0.315 e. The molecule has 0 aromatic heterocycles. The van der Waals surface area contributed by atoms with Crippen LogP contribution in [0.15, 0.2) is 42.5 Å². The fourth-order valence-corrected chi connectivity index (χ4v) is 3.15. The number of hydrogen-bond acceptors (Lipinski definition) is 3. The molecule has 1 heterocycles. The number of para-hydroxylation sites is 1. The predicted molar refractivity (Wildman–Crippen MR) is 84.9 cm³/mol. The Morgan fingerprint density at radius 3 is 2.82 bits per heavy atom. The Bertz CT molecular complexity index is 732. The second kappa shape index (κ2) is 5.63. The number of carboxylic acid groups (broad SMARTS) is 1. The summed E-state index contributed by atoms with van der Waals surface area (Å²) in [6.45, 7) is 0.285. The average molecular weight is 318 g/mol.